The summed E-state index contributed by atoms with van der Waals surface area (Å²) < 4.78 is 36.7. The van der Waals surface area contributed by atoms with Crippen LogP contribution >= 0.6 is 0 Å². The molecule has 17 heavy (non-hydrogen) atoms. The summed E-state index contributed by atoms with van der Waals surface area (Å²) in [6.07, 6.45) is -7.37. The molecule has 0 fully saturated rings. The molecule has 0 aliphatic carbocycles. The number of alkyl halides is 3. The number of benzene rings is 1. The summed E-state index contributed by atoms with van der Waals surface area (Å²) >= 11 is 0. The highest BCUT2D eigenvalue weighted by Gasteiger charge is 2.30. The van der Waals surface area contributed by atoms with Gasteiger partial charge >= 0.3 is 6.18 Å². The van der Waals surface area contributed by atoms with E-state index in [4.69, 9.17) is 5.11 Å². The van der Waals surface area contributed by atoms with Gasteiger partial charge in [-0.05, 0) is 19.1 Å². The van der Waals surface area contributed by atoms with Crippen LogP contribution in [-0.2, 0) is 6.18 Å². The van der Waals surface area contributed by atoms with E-state index in [1.165, 1.54) is 6.92 Å². The summed E-state index contributed by atoms with van der Waals surface area (Å²) in [6, 6.07) is 3.44. The molecule has 1 aromatic carbocycles. The number of ketones is 1. The summed E-state index contributed by atoms with van der Waals surface area (Å²) in [7, 11) is 0. The SMILES string of the molecule is C[C@@H](O)[C@H](O)C(=O)c1ccc(C(F)(F)F)cc1. The van der Waals surface area contributed by atoms with E-state index in [0.29, 0.717) is 0 Å². The molecule has 1 aromatic rings. The fraction of sp³-hybridized carbons (Fsp3) is 0.364. The van der Waals surface area contributed by atoms with Gasteiger partial charge in [0.1, 0.15) is 6.10 Å². The molecule has 0 amide bonds. The van der Waals surface area contributed by atoms with E-state index in [1.807, 2.05) is 0 Å². The molecule has 0 spiro atoms. The number of hydrogen-bond donors (Lipinski definition) is 2. The first-order valence-electron chi connectivity index (χ1n) is 4.81. The van der Waals surface area contributed by atoms with E-state index >= 15 is 0 Å². The van der Waals surface area contributed by atoms with E-state index in [-0.39, 0.29) is 5.56 Å². The highest BCUT2D eigenvalue weighted by atomic mass is 19.4. The normalized spacial score (nSPS) is 15.4. The van der Waals surface area contributed by atoms with Crippen LogP contribution in [0.15, 0.2) is 24.3 Å². The molecule has 0 saturated carbocycles. The van der Waals surface area contributed by atoms with Crippen LogP contribution in [0, 0.1) is 0 Å². The zero-order valence-electron chi connectivity index (χ0n) is 8.90. The number of carbonyl (C=O) groups is 1. The van der Waals surface area contributed by atoms with Crippen molar-refractivity contribution in [1.29, 1.82) is 0 Å². The zero-order chi connectivity index (χ0) is 13.2. The predicted octanol–water partition coefficient (Wildman–Crippen LogP) is 1.63. The summed E-state index contributed by atoms with van der Waals surface area (Å²) in [5, 5.41) is 18.2. The van der Waals surface area contributed by atoms with E-state index in [2.05, 4.69) is 0 Å². The van der Waals surface area contributed by atoms with Crippen molar-refractivity contribution in [2.24, 2.45) is 0 Å². The zero-order valence-corrected chi connectivity index (χ0v) is 8.90. The first-order chi connectivity index (χ1) is 7.73. The maximum atomic E-state index is 12.2. The van der Waals surface area contributed by atoms with E-state index < -0.39 is 29.7 Å². The lowest BCUT2D eigenvalue weighted by atomic mass is 10.0. The molecule has 2 N–H and O–H groups in total. The number of carbonyl (C=O) groups excluding carboxylic acids is 1. The fourth-order valence-electron chi connectivity index (χ4n) is 1.21. The van der Waals surface area contributed by atoms with Crippen molar-refractivity contribution >= 4 is 5.78 Å². The molecule has 0 heterocycles. The first-order valence-corrected chi connectivity index (χ1v) is 4.81. The van der Waals surface area contributed by atoms with Gasteiger partial charge in [0.15, 0.2) is 5.78 Å². The Morgan fingerprint density at radius 3 is 2.00 bits per heavy atom. The molecular weight excluding hydrogens is 237 g/mol. The Morgan fingerprint density at radius 1 is 1.18 bits per heavy atom. The molecule has 0 aromatic heterocycles. The number of aliphatic hydroxyl groups excluding tert-OH is 2. The average Bonchev–Trinajstić information content (AvgIpc) is 2.26. The minimum atomic E-state index is -4.47. The minimum absolute atomic E-state index is 0.0774. The summed E-state index contributed by atoms with van der Waals surface area (Å²) in [6.45, 7) is 1.21. The van der Waals surface area contributed by atoms with Crippen LogP contribution < -0.4 is 0 Å². The molecule has 0 aliphatic rings. The van der Waals surface area contributed by atoms with Crippen LogP contribution in [0.3, 0.4) is 0 Å². The van der Waals surface area contributed by atoms with Crippen LogP contribution in [-0.4, -0.2) is 28.2 Å². The number of hydrogen-bond acceptors (Lipinski definition) is 3. The lowest BCUT2D eigenvalue weighted by molar-refractivity contribution is -0.137. The molecular formula is C11H11F3O3. The Morgan fingerprint density at radius 2 is 1.65 bits per heavy atom. The molecule has 0 radical (unpaired) electrons. The predicted molar refractivity (Wildman–Crippen MR) is 53.5 cm³/mol. The van der Waals surface area contributed by atoms with Crippen molar-refractivity contribution in [3.05, 3.63) is 35.4 Å². The van der Waals surface area contributed by atoms with Crippen molar-refractivity contribution in [3.8, 4) is 0 Å². The van der Waals surface area contributed by atoms with Crippen LogP contribution in [0.4, 0.5) is 13.2 Å². The standard InChI is InChI=1S/C11H11F3O3/c1-6(15)9(16)10(17)7-2-4-8(5-3-7)11(12,13)14/h2-6,9,15-16H,1H3/t6-,9+/m1/s1. The lowest BCUT2D eigenvalue weighted by Crippen LogP contribution is -2.31. The van der Waals surface area contributed by atoms with Gasteiger partial charge in [-0.3, -0.25) is 4.79 Å². The molecule has 1 rings (SSSR count). The van der Waals surface area contributed by atoms with Crippen molar-refractivity contribution < 1.29 is 28.2 Å². The Balaban J connectivity index is 2.92. The van der Waals surface area contributed by atoms with Crippen LogP contribution in [0.5, 0.6) is 0 Å². The van der Waals surface area contributed by atoms with Gasteiger partial charge < -0.3 is 10.2 Å². The second-order valence-corrected chi connectivity index (χ2v) is 3.62. The fourth-order valence-corrected chi connectivity index (χ4v) is 1.21. The number of rotatable bonds is 3. The first kappa shape index (κ1) is 13.7. The third kappa shape index (κ3) is 3.28. The summed E-state index contributed by atoms with van der Waals surface area (Å²) in [4.78, 5) is 11.5. The summed E-state index contributed by atoms with van der Waals surface area (Å²) in [5.41, 5.74) is -0.952. The van der Waals surface area contributed by atoms with Crippen LogP contribution in [0.25, 0.3) is 0 Å². The average molecular weight is 248 g/mol. The van der Waals surface area contributed by atoms with Gasteiger partial charge in [-0.15, -0.1) is 0 Å². The molecule has 2 atom stereocenters. The topological polar surface area (TPSA) is 57.5 Å². The van der Waals surface area contributed by atoms with E-state index in [9.17, 15) is 23.1 Å². The van der Waals surface area contributed by atoms with E-state index in [0.717, 1.165) is 24.3 Å². The second-order valence-electron chi connectivity index (χ2n) is 3.62. The number of halogens is 3. The Kier molecular flexibility index (Phi) is 3.90. The lowest BCUT2D eigenvalue weighted by Gasteiger charge is -2.13. The van der Waals surface area contributed by atoms with Crippen molar-refractivity contribution in [1.82, 2.24) is 0 Å². The van der Waals surface area contributed by atoms with E-state index in [1.54, 1.807) is 0 Å². The van der Waals surface area contributed by atoms with Gasteiger partial charge in [-0.25, -0.2) is 0 Å². The summed E-state index contributed by atoms with van der Waals surface area (Å²) in [5.74, 6) is -0.811. The Labute approximate surface area is 95.5 Å². The molecule has 3 nitrogen and oxygen atoms in total. The van der Waals surface area contributed by atoms with Gasteiger partial charge in [0.05, 0.1) is 11.7 Å². The van der Waals surface area contributed by atoms with Crippen LogP contribution in [0.1, 0.15) is 22.8 Å². The van der Waals surface area contributed by atoms with Gasteiger partial charge in [-0.1, -0.05) is 12.1 Å². The molecule has 0 bridgehead atoms. The monoisotopic (exact) mass is 248 g/mol. The largest absolute Gasteiger partial charge is 0.416 e. The molecule has 6 heteroatoms. The molecule has 0 aliphatic heterocycles. The molecule has 0 unspecified atom stereocenters. The number of aliphatic hydroxyl groups is 2. The third-order valence-electron chi connectivity index (χ3n) is 2.22. The van der Waals surface area contributed by atoms with Crippen molar-refractivity contribution in [2.75, 3.05) is 0 Å². The van der Waals surface area contributed by atoms with Gasteiger partial charge in [0.2, 0.25) is 0 Å². The molecule has 94 valence electrons. The maximum absolute atomic E-state index is 12.2. The van der Waals surface area contributed by atoms with Gasteiger partial charge in [-0.2, -0.15) is 13.2 Å². The quantitative estimate of drug-likeness (QED) is 0.799. The highest BCUT2D eigenvalue weighted by molar-refractivity contribution is 5.99. The van der Waals surface area contributed by atoms with Crippen molar-refractivity contribution in [2.45, 2.75) is 25.3 Å². The van der Waals surface area contributed by atoms with Gasteiger partial charge in [0, 0.05) is 5.56 Å². The Bertz CT molecular complexity index is 395. The second kappa shape index (κ2) is 4.85. The highest BCUT2D eigenvalue weighted by Crippen LogP contribution is 2.29. The van der Waals surface area contributed by atoms with Crippen LogP contribution in [0.2, 0.25) is 0 Å². The van der Waals surface area contributed by atoms with Crippen molar-refractivity contribution in [3.63, 3.8) is 0 Å². The Hall–Kier alpha value is -1.40. The third-order valence-corrected chi connectivity index (χ3v) is 2.22. The smallest absolute Gasteiger partial charge is 0.390 e. The number of Topliss-reactive ketones (excluding diaryl/α,β-unsaturated/α-hetero) is 1. The molecule has 0 saturated heterocycles. The minimum Gasteiger partial charge on any atom is -0.390 e. The maximum Gasteiger partial charge on any atom is 0.416 e. The van der Waals surface area contributed by atoms with Gasteiger partial charge in [0.25, 0.3) is 0 Å².